The van der Waals surface area contributed by atoms with Crippen LogP contribution in [-0.4, -0.2) is 46.7 Å². The maximum Gasteiger partial charge on any atom is 0.204 e. The van der Waals surface area contributed by atoms with Gasteiger partial charge >= 0.3 is 0 Å². The van der Waals surface area contributed by atoms with Crippen molar-refractivity contribution in [3.63, 3.8) is 0 Å². The van der Waals surface area contributed by atoms with E-state index >= 15 is 0 Å². The van der Waals surface area contributed by atoms with Gasteiger partial charge in [-0.1, -0.05) is 12.1 Å². The first-order chi connectivity index (χ1) is 10.3. The summed E-state index contributed by atoms with van der Waals surface area (Å²) in [6.07, 6.45) is 2.32. The Morgan fingerprint density at radius 3 is 2.76 bits per heavy atom. The molecule has 1 aliphatic heterocycles. The number of likely N-dealkylation sites (tertiary alicyclic amines) is 1. The number of imidazole rings is 1. The number of hydrogen-bond donors (Lipinski definition) is 2. The number of piperidine rings is 1. The fourth-order valence-electron chi connectivity index (χ4n) is 3.17. The number of para-hydroxylation sites is 2. The molecular weight excluding hydrogens is 262 g/mol. The number of fused-ring (bicyclic) bond motifs is 1. The van der Waals surface area contributed by atoms with Gasteiger partial charge in [0.05, 0.1) is 11.0 Å². The number of rotatable bonds is 5. The molecular formula is C16H25N5. The highest BCUT2D eigenvalue weighted by Gasteiger charge is 2.20. The molecule has 0 saturated carbocycles. The zero-order chi connectivity index (χ0) is 14.7. The molecule has 1 aromatic carbocycles. The average molecular weight is 287 g/mol. The normalized spacial score (nSPS) is 17.4. The fourth-order valence-corrected chi connectivity index (χ4v) is 3.17. The minimum Gasteiger partial charge on any atom is -0.353 e. The highest BCUT2D eigenvalue weighted by atomic mass is 15.2. The van der Waals surface area contributed by atoms with E-state index in [0.29, 0.717) is 6.04 Å². The number of hydrogen-bond acceptors (Lipinski definition) is 4. The van der Waals surface area contributed by atoms with Crippen LogP contribution < -0.4 is 11.1 Å². The molecule has 5 nitrogen and oxygen atoms in total. The number of nitrogens with zero attached hydrogens (tertiary/aromatic N) is 3. The third-order valence-corrected chi connectivity index (χ3v) is 4.34. The number of aryl methyl sites for hydroxylation is 1. The summed E-state index contributed by atoms with van der Waals surface area (Å²) in [5, 5.41) is 3.65. The Morgan fingerprint density at radius 2 is 2.05 bits per heavy atom. The van der Waals surface area contributed by atoms with Crippen molar-refractivity contribution in [2.75, 3.05) is 31.5 Å². The van der Waals surface area contributed by atoms with Crippen LogP contribution in [0.4, 0.5) is 5.95 Å². The summed E-state index contributed by atoms with van der Waals surface area (Å²) >= 11 is 0. The fraction of sp³-hybridized carbons (Fsp3) is 0.562. The lowest BCUT2D eigenvalue weighted by Crippen LogP contribution is -2.41. The lowest BCUT2D eigenvalue weighted by molar-refractivity contribution is 0.224. The molecule has 2 aromatic rings. The van der Waals surface area contributed by atoms with Gasteiger partial charge < -0.3 is 20.5 Å². The second-order valence-corrected chi connectivity index (χ2v) is 5.72. The highest BCUT2D eigenvalue weighted by Crippen LogP contribution is 2.22. The zero-order valence-electron chi connectivity index (χ0n) is 12.8. The second-order valence-electron chi connectivity index (χ2n) is 5.72. The second kappa shape index (κ2) is 6.45. The van der Waals surface area contributed by atoms with E-state index in [0.717, 1.165) is 57.0 Å². The minimum absolute atomic E-state index is 0.515. The molecule has 0 atom stereocenters. The van der Waals surface area contributed by atoms with Crippen molar-refractivity contribution in [3.8, 4) is 0 Å². The smallest absolute Gasteiger partial charge is 0.204 e. The van der Waals surface area contributed by atoms with Crippen LogP contribution in [0.5, 0.6) is 0 Å². The molecule has 5 heteroatoms. The number of aromatic nitrogens is 2. The Hall–Kier alpha value is -1.59. The van der Waals surface area contributed by atoms with Crippen LogP contribution >= 0.6 is 0 Å². The molecule has 1 aliphatic rings. The summed E-state index contributed by atoms with van der Waals surface area (Å²) in [5.41, 5.74) is 7.91. The van der Waals surface area contributed by atoms with Gasteiger partial charge in [-0.05, 0) is 31.9 Å². The Morgan fingerprint density at radius 1 is 1.29 bits per heavy atom. The molecule has 1 fully saturated rings. The predicted molar refractivity (Wildman–Crippen MR) is 87.5 cm³/mol. The lowest BCUT2D eigenvalue weighted by atomic mass is 10.1. The molecule has 21 heavy (non-hydrogen) atoms. The van der Waals surface area contributed by atoms with Gasteiger partial charge in [0, 0.05) is 38.8 Å². The van der Waals surface area contributed by atoms with Crippen LogP contribution in [0.2, 0.25) is 0 Å². The van der Waals surface area contributed by atoms with Crippen molar-refractivity contribution in [3.05, 3.63) is 24.3 Å². The highest BCUT2D eigenvalue weighted by molar-refractivity contribution is 5.78. The van der Waals surface area contributed by atoms with Crippen molar-refractivity contribution in [1.82, 2.24) is 14.5 Å². The molecule has 1 aromatic heterocycles. The molecule has 3 N–H and O–H groups in total. The van der Waals surface area contributed by atoms with Gasteiger partial charge in [0.1, 0.15) is 0 Å². The van der Waals surface area contributed by atoms with E-state index in [1.165, 1.54) is 5.52 Å². The van der Waals surface area contributed by atoms with Crippen LogP contribution in [0, 0.1) is 0 Å². The van der Waals surface area contributed by atoms with Gasteiger partial charge in [-0.15, -0.1) is 0 Å². The summed E-state index contributed by atoms with van der Waals surface area (Å²) in [4.78, 5) is 7.20. The summed E-state index contributed by atoms with van der Waals surface area (Å²) in [6.45, 7) is 7.13. The van der Waals surface area contributed by atoms with E-state index in [1.54, 1.807) is 0 Å². The molecule has 1 saturated heterocycles. The van der Waals surface area contributed by atoms with E-state index in [4.69, 9.17) is 10.7 Å². The Kier molecular flexibility index (Phi) is 4.41. The van der Waals surface area contributed by atoms with Gasteiger partial charge in [-0.25, -0.2) is 4.98 Å². The standard InChI is InChI=1S/C16H25N5/c1-2-21-15-6-4-3-5-14(15)19-16(21)18-13-7-10-20(11-8-13)12-9-17/h3-6,13H,2,7-12,17H2,1H3,(H,18,19). The first-order valence-corrected chi connectivity index (χ1v) is 7.96. The maximum atomic E-state index is 5.63. The Bertz CT molecular complexity index is 583. The number of nitrogens with two attached hydrogens (primary N) is 1. The molecule has 2 heterocycles. The van der Waals surface area contributed by atoms with Gasteiger partial charge in [-0.3, -0.25) is 0 Å². The number of benzene rings is 1. The first-order valence-electron chi connectivity index (χ1n) is 7.96. The van der Waals surface area contributed by atoms with Crippen LogP contribution in [-0.2, 0) is 6.54 Å². The van der Waals surface area contributed by atoms with E-state index in [1.807, 2.05) is 6.07 Å². The topological polar surface area (TPSA) is 59.1 Å². The summed E-state index contributed by atoms with van der Waals surface area (Å²) in [5.74, 6) is 1.01. The van der Waals surface area contributed by atoms with E-state index in [2.05, 4.69) is 39.9 Å². The molecule has 0 aliphatic carbocycles. The molecule has 3 rings (SSSR count). The quantitative estimate of drug-likeness (QED) is 0.881. The summed E-state index contributed by atoms with van der Waals surface area (Å²) < 4.78 is 2.27. The molecule has 0 amide bonds. The van der Waals surface area contributed by atoms with Gasteiger partial charge in [0.25, 0.3) is 0 Å². The van der Waals surface area contributed by atoms with Gasteiger partial charge in [0.15, 0.2) is 0 Å². The van der Waals surface area contributed by atoms with E-state index in [9.17, 15) is 0 Å². The maximum absolute atomic E-state index is 5.63. The Labute approximate surface area is 126 Å². The van der Waals surface area contributed by atoms with Crippen LogP contribution in [0.25, 0.3) is 11.0 Å². The van der Waals surface area contributed by atoms with E-state index < -0.39 is 0 Å². The summed E-state index contributed by atoms with van der Waals surface area (Å²) in [7, 11) is 0. The summed E-state index contributed by atoms with van der Waals surface area (Å²) in [6, 6.07) is 8.86. The molecule has 0 unspecified atom stereocenters. The Balaban J connectivity index is 1.71. The molecule has 0 radical (unpaired) electrons. The van der Waals surface area contributed by atoms with Crippen molar-refractivity contribution in [1.29, 1.82) is 0 Å². The zero-order valence-corrected chi connectivity index (χ0v) is 12.8. The predicted octanol–water partition coefficient (Wildman–Crippen LogP) is 1.89. The van der Waals surface area contributed by atoms with Crippen molar-refractivity contribution < 1.29 is 0 Å². The minimum atomic E-state index is 0.515. The largest absolute Gasteiger partial charge is 0.353 e. The van der Waals surface area contributed by atoms with E-state index in [-0.39, 0.29) is 0 Å². The van der Waals surface area contributed by atoms with Gasteiger partial charge in [-0.2, -0.15) is 0 Å². The van der Waals surface area contributed by atoms with Crippen LogP contribution in [0.1, 0.15) is 19.8 Å². The monoisotopic (exact) mass is 287 g/mol. The number of anilines is 1. The molecule has 0 spiro atoms. The third kappa shape index (κ3) is 3.04. The lowest BCUT2D eigenvalue weighted by Gasteiger charge is -2.32. The van der Waals surface area contributed by atoms with Crippen molar-refractivity contribution >= 4 is 17.0 Å². The van der Waals surface area contributed by atoms with Crippen LogP contribution in [0.3, 0.4) is 0 Å². The molecule has 0 bridgehead atoms. The van der Waals surface area contributed by atoms with Crippen LogP contribution in [0.15, 0.2) is 24.3 Å². The first kappa shape index (κ1) is 14.4. The van der Waals surface area contributed by atoms with Crippen molar-refractivity contribution in [2.24, 2.45) is 5.73 Å². The number of nitrogens with one attached hydrogen (secondary N) is 1. The van der Waals surface area contributed by atoms with Crippen molar-refractivity contribution in [2.45, 2.75) is 32.4 Å². The average Bonchev–Trinajstić information content (AvgIpc) is 2.86. The molecule has 114 valence electrons. The SMILES string of the molecule is CCn1c(NC2CCN(CCN)CC2)nc2ccccc21. The van der Waals surface area contributed by atoms with Gasteiger partial charge in [0.2, 0.25) is 5.95 Å². The third-order valence-electron chi connectivity index (χ3n) is 4.34.